The Bertz CT molecular complexity index is 454. The summed E-state index contributed by atoms with van der Waals surface area (Å²) in [5, 5.41) is 0. The summed E-state index contributed by atoms with van der Waals surface area (Å²) in [4.78, 5) is 4.94. The van der Waals surface area contributed by atoms with Crippen LogP contribution in [0.1, 0.15) is 25.7 Å². The minimum absolute atomic E-state index is 0.467. The molecule has 4 heteroatoms. The third kappa shape index (κ3) is 5.47. The van der Waals surface area contributed by atoms with Gasteiger partial charge in [-0.2, -0.15) is 0 Å². The van der Waals surface area contributed by atoms with Crippen LogP contribution in [0.2, 0.25) is 0 Å². The highest BCUT2D eigenvalue weighted by Gasteiger charge is 2.22. The minimum Gasteiger partial charge on any atom is -0.381 e. The largest absolute Gasteiger partial charge is 0.381 e. The van der Waals surface area contributed by atoms with E-state index >= 15 is 0 Å². The average Bonchev–Trinajstić information content (AvgIpc) is 3.15. The van der Waals surface area contributed by atoms with Crippen LogP contribution in [-0.4, -0.2) is 64.1 Å². The number of ether oxygens (including phenoxy) is 2. The van der Waals surface area contributed by atoms with E-state index in [2.05, 4.69) is 47.2 Å². The smallest absolute Gasteiger partial charge is 0.0599 e. The lowest BCUT2D eigenvalue weighted by atomic mass is 10.1. The fraction of sp³-hybridized carbons (Fsp3) is 0.700. The van der Waals surface area contributed by atoms with Crippen LogP contribution in [-0.2, 0) is 9.47 Å². The van der Waals surface area contributed by atoms with Gasteiger partial charge in [-0.3, -0.25) is 0 Å². The van der Waals surface area contributed by atoms with Crippen molar-refractivity contribution in [2.75, 3.05) is 57.9 Å². The quantitative estimate of drug-likeness (QED) is 0.730. The molecule has 0 saturated carbocycles. The van der Waals surface area contributed by atoms with E-state index in [1.54, 1.807) is 0 Å². The number of rotatable bonds is 8. The normalized spacial score (nSPS) is 22.8. The Morgan fingerprint density at radius 3 is 2.67 bits per heavy atom. The Morgan fingerprint density at radius 1 is 1.17 bits per heavy atom. The summed E-state index contributed by atoms with van der Waals surface area (Å²) in [6.45, 7) is 7.38. The average molecular weight is 332 g/mol. The SMILES string of the molecule is CN(CCCN1CCC(OCC2CCOC2)CC1)c1ccccc1. The van der Waals surface area contributed by atoms with Gasteiger partial charge in [0.15, 0.2) is 0 Å². The molecule has 134 valence electrons. The van der Waals surface area contributed by atoms with Crippen LogP contribution in [0.4, 0.5) is 5.69 Å². The van der Waals surface area contributed by atoms with Crippen molar-refractivity contribution in [3.63, 3.8) is 0 Å². The standard InChI is InChI=1S/C20H32N2O2/c1-21(19-6-3-2-4-7-19)11-5-12-22-13-8-20(9-14-22)24-17-18-10-15-23-16-18/h2-4,6-7,18,20H,5,8-17H2,1H3. The zero-order chi connectivity index (χ0) is 16.6. The lowest BCUT2D eigenvalue weighted by Crippen LogP contribution is -2.39. The summed E-state index contributed by atoms with van der Waals surface area (Å²) in [7, 11) is 2.18. The third-order valence-corrected chi connectivity index (χ3v) is 5.29. The molecule has 1 aromatic rings. The van der Waals surface area contributed by atoms with Gasteiger partial charge in [0.2, 0.25) is 0 Å². The summed E-state index contributed by atoms with van der Waals surface area (Å²) in [6, 6.07) is 10.6. The first-order valence-corrected chi connectivity index (χ1v) is 9.49. The van der Waals surface area contributed by atoms with Gasteiger partial charge in [-0.05, 0) is 44.4 Å². The van der Waals surface area contributed by atoms with E-state index in [-0.39, 0.29) is 0 Å². The van der Waals surface area contributed by atoms with Crippen LogP contribution in [0.3, 0.4) is 0 Å². The van der Waals surface area contributed by atoms with E-state index in [9.17, 15) is 0 Å². The van der Waals surface area contributed by atoms with Crippen LogP contribution in [0.5, 0.6) is 0 Å². The van der Waals surface area contributed by atoms with Gasteiger partial charge in [0.05, 0.1) is 19.3 Å². The van der Waals surface area contributed by atoms with Crippen molar-refractivity contribution in [3.05, 3.63) is 30.3 Å². The van der Waals surface area contributed by atoms with Crippen molar-refractivity contribution >= 4 is 5.69 Å². The number of hydrogen-bond acceptors (Lipinski definition) is 4. The fourth-order valence-electron chi connectivity index (χ4n) is 3.63. The van der Waals surface area contributed by atoms with Crippen molar-refractivity contribution in [3.8, 4) is 0 Å². The summed E-state index contributed by atoms with van der Waals surface area (Å²) in [6.07, 6.45) is 5.22. The van der Waals surface area contributed by atoms with Crippen molar-refractivity contribution in [2.24, 2.45) is 5.92 Å². The Hall–Kier alpha value is -1.10. The molecule has 2 aliphatic rings. The summed E-state index contributed by atoms with van der Waals surface area (Å²) < 4.78 is 11.5. The molecule has 0 N–H and O–H groups in total. The van der Waals surface area contributed by atoms with Crippen LogP contribution >= 0.6 is 0 Å². The Morgan fingerprint density at radius 2 is 1.96 bits per heavy atom. The molecule has 2 aliphatic heterocycles. The van der Waals surface area contributed by atoms with Crippen molar-refractivity contribution in [1.82, 2.24) is 4.90 Å². The highest BCUT2D eigenvalue weighted by atomic mass is 16.5. The van der Waals surface area contributed by atoms with Gasteiger partial charge < -0.3 is 19.3 Å². The van der Waals surface area contributed by atoms with E-state index in [1.165, 1.54) is 51.0 Å². The molecule has 4 nitrogen and oxygen atoms in total. The fourth-order valence-corrected chi connectivity index (χ4v) is 3.63. The topological polar surface area (TPSA) is 24.9 Å². The first kappa shape index (κ1) is 17.7. The molecule has 0 amide bonds. The lowest BCUT2D eigenvalue weighted by Gasteiger charge is -2.32. The van der Waals surface area contributed by atoms with Gasteiger partial charge in [-0.15, -0.1) is 0 Å². The predicted octanol–water partition coefficient (Wildman–Crippen LogP) is 3.03. The Kier molecular flexibility index (Phi) is 6.94. The number of benzene rings is 1. The molecule has 1 atom stereocenters. The van der Waals surface area contributed by atoms with Gasteiger partial charge in [0, 0.05) is 44.9 Å². The van der Waals surface area contributed by atoms with Gasteiger partial charge in [0.1, 0.15) is 0 Å². The summed E-state index contributed by atoms with van der Waals surface area (Å²) in [5.74, 6) is 0.636. The number of likely N-dealkylation sites (tertiary alicyclic amines) is 1. The number of piperidine rings is 1. The molecule has 2 heterocycles. The number of para-hydroxylation sites is 1. The maximum atomic E-state index is 6.10. The van der Waals surface area contributed by atoms with E-state index in [0.29, 0.717) is 12.0 Å². The second kappa shape index (κ2) is 9.40. The maximum absolute atomic E-state index is 6.10. The zero-order valence-electron chi connectivity index (χ0n) is 15.0. The number of nitrogens with zero attached hydrogens (tertiary/aromatic N) is 2. The highest BCUT2D eigenvalue weighted by molar-refractivity contribution is 5.44. The first-order valence-electron chi connectivity index (χ1n) is 9.49. The Labute approximate surface area is 146 Å². The monoisotopic (exact) mass is 332 g/mol. The van der Waals surface area contributed by atoms with Crippen LogP contribution in [0.15, 0.2) is 30.3 Å². The predicted molar refractivity (Wildman–Crippen MR) is 98.7 cm³/mol. The summed E-state index contributed by atoms with van der Waals surface area (Å²) in [5.41, 5.74) is 1.31. The molecule has 1 aromatic carbocycles. The molecule has 2 saturated heterocycles. The van der Waals surface area contributed by atoms with Crippen molar-refractivity contribution in [2.45, 2.75) is 31.8 Å². The van der Waals surface area contributed by atoms with Gasteiger partial charge in [0.25, 0.3) is 0 Å². The van der Waals surface area contributed by atoms with E-state index in [1.807, 2.05) is 0 Å². The van der Waals surface area contributed by atoms with Crippen molar-refractivity contribution < 1.29 is 9.47 Å². The molecule has 1 unspecified atom stereocenters. The van der Waals surface area contributed by atoms with E-state index in [0.717, 1.165) is 26.4 Å². The molecule has 24 heavy (non-hydrogen) atoms. The maximum Gasteiger partial charge on any atom is 0.0599 e. The van der Waals surface area contributed by atoms with E-state index in [4.69, 9.17) is 9.47 Å². The second-order valence-electron chi connectivity index (χ2n) is 7.21. The number of hydrogen-bond donors (Lipinski definition) is 0. The first-order chi connectivity index (χ1) is 11.8. The molecule has 3 rings (SSSR count). The molecule has 0 aliphatic carbocycles. The lowest BCUT2D eigenvalue weighted by molar-refractivity contribution is -0.0104. The molecule has 0 radical (unpaired) electrons. The Balaban J connectivity index is 1.27. The molecule has 0 bridgehead atoms. The minimum atomic E-state index is 0.467. The third-order valence-electron chi connectivity index (χ3n) is 5.29. The van der Waals surface area contributed by atoms with Gasteiger partial charge >= 0.3 is 0 Å². The summed E-state index contributed by atoms with van der Waals surface area (Å²) >= 11 is 0. The molecule has 2 fully saturated rings. The molecular formula is C20H32N2O2. The van der Waals surface area contributed by atoms with Crippen LogP contribution in [0, 0.1) is 5.92 Å². The van der Waals surface area contributed by atoms with Gasteiger partial charge in [-0.25, -0.2) is 0 Å². The van der Waals surface area contributed by atoms with E-state index < -0.39 is 0 Å². The molecule has 0 aromatic heterocycles. The number of anilines is 1. The molecular weight excluding hydrogens is 300 g/mol. The zero-order valence-corrected chi connectivity index (χ0v) is 15.0. The highest BCUT2D eigenvalue weighted by Crippen LogP contribution is 2.18. The second-order valence-corrected chi connectivity index (χ2v) is 7.21. The van der Waals surface area contributed by atoms with Crippen LogP contribution in [0.25, 0.3) is 0 Å². The molecule has 0 spiro atoms. The van der Waals surface area contributed by atoms with Crippen LogP contribution < -0.4 is 4.90 Å². The van der Waals surface area contributed by atoms with Gasteiger partial charge in [-0.1, -0.05) is 18.2 Å². The van der Waals surface area contributed by atoms with Crippen molar-refractivity contribution in [1.29, 1.82) is 0 Å².